The summed E-state index contributed by atoms with van der Waals surface area (Å²) in [5, 5.41) is 19.2. The van der Waals surface area contributed by atoms with Crippen LogP contribution in [0.5, 0.6) is 0 Å². The number of oxime groups is 1. The molecule has 7 atom stereocenters. The van der Waals surface area contributed by atoms with E-state index >= 15 is 0 Å². The molecular weight excluding hydrogens is 530 g/mol. The monoisotopic (exact) mass is 573 g/mol. The predicted octanol–water partition coefficient (Wildman–Crippen LogP) is 5.23. The van der Waals surface area contributed by atoms with Gasteiger partial charge in [-0.15, -0.1) is 0 Å². The number of para-hydroxylation sites is 1. The number of amides is 1. The van der Waals surface area contributed by atoms with Gasteiger partial charge >= 0.3 is 5.97 Å². The second-order valence-corrected chi connectivity index (χ2v) is 13.5. The molecule has 8 nitrogen and oxygen atoms in total. The lowest BCUT2D eigenvalue weighted by atomic mass is 9.47. The van der Waals surface area contributed by atoms with E-state index in [1.54, 1.807) is 0 Å². The average molecular weight is 574 g/mol. The summed E-state index contributed by atoms with van der Waals surface area (Å²) in [6.45, 7) is 6.42. The number of esters is 1. The lowest BCUT2D eigenvalue weighted by Gasteiger charge is -2.58. The lowest BCUT2D eigenvalue weighted by Crippen LogP contribution is -2.53. The number of aliphatic hydroxyl groups is 1. The number of nitrogens with one attached hydrogen (secondary N) is 2. The minimum absolute atomic E-state index is 0.00739. The van der Waals surface area contributed by atoms with Crippen molar-refractivity contribution in [3.63, 3.8) is 0 Å². The van der Waals surface area contributed by atoms with E-state index in [9.17, 15) is 14.7 Å². The zero-order valence-corrected chi connectivity index (χ0v) is 25.1. The van der Waals surface area contributed by atoms with E-state index < -0.39 is 23.5 Å². The first-order valence-corrected chi connectivity index (χ1v) is 15.3. The van der Waals surface area contributed by atoms with Crippen LogP contribution in [0, 0.1) is 28.6 Å². The van der Waals surface area contributed by atoms with Crippen molar-refractivity contribution in [2.45, 2.75) is 77.4 Å². The maximum Gasteiger partial charge on any atom is 0.328 e. The quantitative estimate of drug-likeness (QED) is 0.310. The maximum absolute atomic E-state index is 12.7. The summed E-state index contributed by atoms with van der Waals surface area (Å²) in [6, 6.07) is 6.98. The predicted molar refractivity (Wildman–Crippen MR) is 162 cm³/mol. The zero-order chi connectivity index (χ0) is 29.7. The summed E-state index contributed by atoms with van der Waals surface area (Å²) in [5.74, 6) is 0.792. The number of ether oxygens (including phenoxy) is 1. The fourth-order valence-electron chi connectivity index (χ4n) is 8.77. The summed E-state index contributed by atoms with van der Waals surface area (Å²) in [4.78, 5) is 33.9. The largest absolute Gasteiger partial charge is 0.467 e. The van der Waals surface area contributed by atoms with Gasteiger partial charge in [0.15, 0.2) is 6.61 Å². The Balaban J connectivity index is 1.08. The number of aromatic nitrogens is 1. The Hall–Kier alpha value is -3.39. The number of H-pyrrole nitrogens is 1. The summed E-state index contributed by atoms with van der Waals surface area (Å²) in [5.41, 5.74) is 3.37. The van der Waals surface area contributed by atoms with Crippen molar-refractivity contribution in [2.24, 2.45) is 33.7 Å². The van der Waals surface area contributed by atoms with E-state index in [-0.39, 0.29) is 17.4 Å². The summed E-state index contributed by atoms with van der Waals surface area (Å²) >= 11 is 0. The zero-order valence-electron chi connectivity index (χ0n) is 25.1. The van der Waals surface area contributed by atoms with Gasteiger partial charge in [-0.2, -0.15) is 0 Å². The third-order valence-electron chi connectivity index (χ3n) is 11.4. The second-order valence-electron chi connectivity index (χ2n) is 13.5. The van der Waals surface area contributed by atoms with Gasteiger partial charge in [0.2, 0.25) is 0 Å². The number of carbonyl (C=O) groups excluding carboxylic acids is 2. The summed E-state index contributed by atoms with van der Waals surface area (Å²) in [6.07, 6.45) is 14.9. The first-order chi connectivity index (χ1) is 20.1. The van der Waals surface area contributed by atoms with E-state index in [0.717, 1.165) is 55.0 Å². The van der Waals surface area contributed by atoms with E-state index in [1.165, 1.54) is 12.7 Å². The highest BCUT2D eigenvalue weighted by Crippen LogP contribution is 2.66. The van der Waals surface area contributed by atoms with Crippen LogP contribution in [-0.4, -0.2) is 53.0 Å². The Labute approximate surface area is 247 Å². The molecule has 2 aromatic rings. The lowest BCUT2D eigenvalue weighted by molar-refractivity contribution is -0.145. The number of methoxy groups -OCH3 is 1. The molecule has 8 heteroatoms. The molecular formula is C34H43N3O5. The average Bonchev–Trinajstić information content (AvgIpc) is 3.49. The fourth-order valence-corrected chi connectivity index (χ4v) is 8.77. The number of hydrogen-bond donors (Lipinski definition) is 3. The number of allylic oxidation sites excluding steroid dienone is 4. The molecule has 0 saturated heterocycles. The van der Waals surface area contributed by atoms with Gasteiger partial charge in [0.25, 0.3) is 5.91 Å². The number of aromatic amines is 1. The first-order valence-electron chi connectivity index (χ1n) is 15.3. The highest BCUT2D eigenvalue weighted by atomic mass is 16.6. The molecule has 0 bridgehead atoms. The second kappa shape index (κ2) is 10.7. The van der Waals surface area contributed by atoms with E-state index in [4.69, 9.17) is 9.57 Å². The molecule has 3 fully saturated rings. The van der Waals surface area contributed by atoms with E-state index in [1.807, 2.05) is 43.5 Å². The number of hydrogen-bond acceptors (Lipinski definition) is 6. The molecule has 0 radical (unpaired) electrons. The molecule has 1 heterocycles. The van der Waals surface area contributed by atoms with Crippen molar-refractivity contribution in [1.29, 1.82) is 0 Å². The van der Waals surface area contributed by atoms with Crippen LogP contribution in [0.15, 0.2) is 59.4 Å². The molecule has 6 rings (SSSR count). The van der Waals surface area contributed by atoms with Crippen LogP contribution < -0.4 is 5.32 Å². The van der Waals surface area contributed by atoms with Gasteiger partial charge in [0, 0.05) is 28.9 Å². The Kier molecular flexibility index (Phi) is 7.32. The normalized spacial score (nSPS) is 35.1. The Morgan fingerprint density at radius 2 is 1.93 bits per heavy atom. The van der Waals surface area contributed by atoms with Crippen molar-refractivity contribution in [3.8, 4) is 0 Å². The van der Waals surface area contributed by atoms with Gasteiger partial charge in [-0.05, 0) is 92.4 Å². The van der Waals surface area contributed by atoms with Crippen LogP contribution >= 0.6 is 0 Å². The van der Waals surface area contributed by atoms with E-state index in [0.29, 0.717) is 29.9 Å². The molecule has 1 amide bonds. The molecule has 0 aliphatic heterocycles. The number of benzene rings is 1. The Morgan fingerprint density at radius 1 is 1.14 bits per heavy atom. The van der Waals surface area contributed by atoms with Crippen molar-refractivity contribution in [3.05, 3.63) is 59.8 Å². The number of nitrogens with zero attached hydrogens (tertiary/aromatic N) is 1. The number of carbonyl (C=O) groups is 2. The van der Waals surface area contributed by atoms with Gasteiger partial charge in [-0.1, -0.05) is 48.9 Å². The van der Waals surface area contributed by atoms with Gasteiger partial charge < -0.3 is 25.0 Å². The smallest absolute Gasteiger partial charge is 0.328 e. The molecule has 0 spiro atoms. The topological polar surface area (TPSA) is 113 Å². The minimum atomic E-state index is -0.841. The van der Waals surface area contributed by atoms with Gasteiger partial charge in [-0.25, -0.2) is 4.79 Å². The molecule has 3 saturated carbocycles. The maximum atomic E-state index is 12.7. The van der Waals surface area contributed by atoms with E-state index in [2.05, 4.69) is 41.5 Å². The molecule has 0 unspecified atom stereocenters. The Morgan fingerprint density at radius 3 is 2.74 bits per heavy atom. The summed E-state index contributed by atoms with van der Waals surface area (Å²) < 4.78 is 4.95. The summed E-state index contributed by atoms with van der Waals surface area (Å²) in [7, 11) is 1.31. The first kappa shape index (κ1) is 28.7. The molecule has 4 aliphatic carbocycles. The van der Waals surface area contributed by atoms with Gasteiger partial charge in [-0.3, -0.25) is 4.79 Å². The van der Waals surface area contributed by atoms with Crippen molar-refractivity contribution < 1.29 is 24.3 Å². The van der Waals surface area contributed by atoms with Crippen molar-refractivity contribution in [1.82, 2.24) is 10.3 Å². The minimum Gasteiger partial charge on any atom is -0.467 e. The fraction of sp³-hybridized carbons (Fsp3) is 0.559. The van der Waals surface area contributed by atoms with Crippen molar-refractivity contribution >= 4 is 28.5 Å². The van der Waals surface area contributed by atoms with Crippen LogP contribution in [-0.2, 0) is 25.6 Å². The third kappa shape index (κ3) is 4.77. The van der Waals surface area contributed by atoms with Gasteiger partial charge in [0.1, 0.15) is 11.8 Å². The number of rotatable bonds is 7. The van der Waals surface area contributed by atoms with Crippen LogP contribution in [0.2, 0.25) is 0 Å². The highest BCUT2D eigenvalue weighted by molar-refractivity contribution is 6.05. The van der Waals surface area contributed by atoms with Crippen molar-refractivity contribution in [2.75, 3.05) is 13.7 Å². The molecule has 1 aromatic carbocycles. The SMILES string of the molecule is COC(=O)[C@H](Cc1c[nH]c2ccccc12)NC(=O)CO/N=C1\C=C[C@]2(C)C(=C1)CC[C@H]1[C@@H]3CC[C@](C)(O)[C@@]3(C)CC[C@@H]12. The standard InChI is InChI=1S/C34H43N3O5/c1-32-14-11-23(18-22(32)9-10-25-26(32)12-15-33(2)27(25)13-16-34(33,3)40)37-42-20-30(38)36-29(31(39)41-4)17-21-19-35-28-8-6-5-7-24(21)28/h5-8,11,14,18-19,25-27,29,35,40H,9-10,12-13,15-17,20H2,1-4H3,(H,36,38)/b37-23+/t25-,26+,27+,29+,32-,33+,34+/m1/s1. The molecule has 42 heavy (non-hydrogen) atoms. The van der Waals surface area contributed by atoms with Gasteiger partial charge in [0.05, 0.1) is 12.7 Å². The van der Waals surface area contributed by atoms with Crippen LogP contribution in [0.25, 0.3) is 10.9 Å². The molecule has 1 aromatic heterocycles. The van der Waals surface area contributed by atoms with Crippen LogP contribution in [0.4, 0.5) is 0 Å². The molecule has 4 aliphatic rings. The highest BCUT2D eigenvalue weighted by Gasteiger charge is 2.62. The van der Waals surface area contributed by atoms with Crippen LogP contribution in [0.3, 0.4) is 0 Å². The number of fused-ring (bicyclic) bond motifs is 6. The Bertz CT molecular complexity index is 1470. The van der Waals surface area contributed by atoms with Crippen LogP contribution in [0.1, 0.15) is 64.9 Å². The molecule has 224 valence electrons. The third-order valence-corrected chi connectivity index (χ3v) is 11.4. The molecule has 3 N–H and O–H groups in total.